The Morgan fingerprint density at radius 1 is 1.26 bits per heavy atom. The molecule has 0 aliphatic carbocycles. The molecule has 2 heterocycles. The Labute approximate surface area is 200 Å². The first-order valence-corrected chi connectivity index (χ1v) is 10.4. The number of ether oxygens (including phenoxy) is 1. The highest BCUT2D eigenvalue weighted by Crippen LogP contribution is 2.14. The lowest BCUT2D eigenvalue weighted by atomic mass is 10.1. The standard InChI is InChI=1S/C19H22F3N7O3.C2H7N/c20-12(9-29-10-15(11-30)27-28-29)1-2-13(23)3-4-17(24)26-18(31)8-14-7-16(5-6-25-14)32-19(21)22;1-3-2/h3-7,10-12,19H,1-2,8-9,23-24H2,(H,26,31);3H,1-2H3/b13-3-,17-4+;. The first-order valence-electron chi connectivity index (χ1n) is 10.4. The van der Waals surface area contributed by atoms with Crippen molar-refractivity contribution in [2.24, 2.45) is 11.5 Å². The Kier molecular flexibility index (Phi) is 13.1. The predicted molar refractivity (Wildman–Crippen MR) is 122 cm³/mol. The Morgan fingerprint density at radius 2 is 1.97 bits per heavy atom. The van der Waals surface area contributed by atoms with Gasteiger partial charge >= 0.3 is 6.61 Å². The van der Waals surface area contributed by atoms with Crippen LogP contribution in [-0.2, 0) is 17.8 Å². The van der Waals surface area contributed by atoms with E-state index in [9.17, 15) is 22.8 Å². The Balaban J connectivity index is 0.00000194. The highest BCUT2D eigenvalue weighted by Gasteiger charge is 2.11. The van der Waals surface area contributed by atoms with E-state index in [2.05, 4.69) is 30.7 Å². The zero-order valence-corrected chi connectivity index (χ0v) is 19.3. The number of hydrogen-bond donors (Lipinski definition) is 4. The first kappa shape index (κ1) is 29.1. The van der Waals surface area contributed by atoms with E-state index in [0.717, 1.165) is 0 Å². The Hall–Kier alpha value is -3.94. The van der Waals surface area contributed by atoms with Gasteiger partial charge < -0.3 is 26.8 Å². The lowest BCUT2D eigenvalue weighted by molar-refractivity contribution is -0.119. The quantitative estimate of drug-likeness (QED) is 0.247. The number of aldehydes is 1. The van der Waals surface area contributed by atoms with Crippen LogP contribution in [0, 0.1) is 0 Å². The van der Waals surface area contributed by atoms with Crippen molar-refractivity contribution in [2.45, 2.75) is 38.6 Å². The fourth-order valence-electron chi connectivity index (χ4n) is 2.49. The van der Waals surface area contributed by atoms with Crippen molar-refractivity contribution in [3.05, 3.63) is 59.6 Å². The summed E-state index contributed by atoms with van der Waals surface area (Å²) in [5, 5.41) is 12.3. The van der Waals surface area contributed by atoms with Crippen LogP contribution in [0.2, 0.25) is 0 Å². The van der Waals surface area contributed by atoms with Gasteiger partial charge in [0.05, 0.1) is 24.9 Å². The molecular formula is C21H29F3N8O3. The predicted octanol–water partition coefficient (Wildman–Crippen LogP) is 1.04. The minimum absolute atomic E-state index is 0.0151. The summed E-state index contributed by atoms with van der Waals surface area (Å²) in [5.41, 5.74) is 12.2. The number of carbonyl (C=O) groups is 2. The number of aromatic nitrogens is 4. The molecule has 6 N–H and O–H groups in total. The molecule has 0 fully saturated rings. The zero-order valence-electron chi connectivity index (χ0n) is 19.3. The van der Waals surface area contributed by atoms with Gasteiger partial charge in [-0.2, -0.15) is 8.78 Å². The average molecular weight is 499 g/mol. The number of nitrogens with one attached hydrogen (secondary N) is 2. The van der Waals surface area contributed by atoms with Crippen LogP contribution in [0.4, 0.5) is 13.2 Å². The van der Waals surface area contributed by atoms with Gasteiger partial charge in [0, 0.05) is 18.0 Å². The van der Waals surface area contributed by atoms with E-state index in [1.54, 1.807) is 0 Å². The van der Waals surface area contributed by atoms with Gasteiger partial charge in [-0.25, -0.2) is 9.07 Å². The van der Waals surface area contributed by atoms with E-state index in [4.69, 9.17) is 11.5 Å². The zero-order chi connectivity index (χ0) is 26.2. The molecule has 2 aromatic rings. The number of alkyl halides is 3. The van der Waals surface area contributed by atoms with Crippen LogP contribution in [0.15, 0.2) is 48.2 Å². The second-order valence-corrected chi connectivity index (χ2v) is 7.07. The Bertz CT molecular complexity index is 998. The number of nitrogens with two attached hydrogens (primary N) is 2. The van der Waals surface area contributed by atoms with Gasteiger partial charge in [-0.1, -0.05) is 5.21 Å². The number of pyridine rings is 1. The topological polar surface area (TPSA) is 163 Å². The molecule has 0 saturated carbocycles. The third-order valence-electron chi connectivity index (χ3n) is 3.92. The fraction of sp³-hybridized carbons (Fsp3) is 0.381. The summed E-state index contributed by atoms with van der Waals surface area (Å²) in [7, 11) is 3.75. The fourth-order valence-corrected chi connectivity index (χ4v) is 2.49. The minimum atomic E-state index is -2.99. The van der Waals surface area contributed by atoms with Crippen LogP contribution < -0.4 is 26.8 Å². The molecule has 0 aromatic carbocycles. The molecule has 35 heavy (non-hydrogen) atoms. The third-order valence-corrected chi connectivity index (χ3v) is 3.92. The molecule has 192 valence electrons. The van der Waals surface area contributed by atoms with E-state index in [1.807, 2.05) is 14.1 Å². The van der Waals surface area contributed by atoms with Crippen LogP contribution >= 0.6 is 0 Å². The molecule has 0 radical (unpaired) electrons. The highest BCUT2D eigenvalue weighted by atomic mass is 19.3. The van der Waals surface area contributed by atoms with Gasteiger partial charge in [0.25, 0.3) is 0 Å². The third kappa shape index (κ3) is 12.8. The van der Waals surface area contributed by atoms with Crippen molar-refractivity contribution in [2.75, 3.05) is 14.1 Å². The number of allylic oxidation sites excluding steroid dienone is 3. The molecular weight excluding hydrogens is 469 g/mol. The maximum absolute atomic E-state index is 14.0. The second-order valence-electron chi connectivity index (χ2n) is 7.07. The molecule has 1 atom stereocenters. The molecule has 1 unspecified atom stereocenters. The maximum atomic E-state index is 14.0. The first-order chi connectivity index (χ1) is 16.7. The Morgan fingerprint density at radius 3 is 2.60 bits per heavy atom. The summed E-state index contributed by atoms with van der Waals surface area (Å²) in [4.78, 5) is 26.5. The molecule has 2 rings (SSSR count). The van der Waals surface area contributed by atoms with E-state index in [0.29, 0.717) is 12.0 Å². The maximum Gasteiger partial charge on any atom is 0.387 e. The summed E-state index contributed by atoms with van der Waals surface area (Å²) < 4.78 is 44.0. The summed E-state index contributed by atoms with van der Waals surface area (Å²) in [6.07, 6.45) is 4.70. The van der Waals surface area contributed by atoms with Crippen molar-refractivity contribution >= 4 is 12.2 Å². The lowest BCUT2D eigenvalue weighted by Gasteiger charge is -2.08. The number of halogens is 3. The monoisotopic (exact) mass is 498 g/mol. The molecule has 1 amide bonds. The normalized spacial score (nSPS) is 12.5. The largest absolute Gasteiger partial charge is 0.435 e. The number of amides is 1. The van der Waals surface area contributed by atoms with E-state index in [-0.39, 0.29) is 48.8 Å². The van der Waals surface area contributed by atoms with Gasteiger partial charge in [0.2, 0.25) is 5.91 Å². The second kappa shape index (κ2) is 15.8. The number of carbonyl (C=O) groups excluding carboxylic acids is 2. The van der Waals surface area contributed by atoms with Crippen LogP contribution in [-0.4, -0.2) is 59.0 Å². The molecule has 0 bridgehead atoms. The van der Waals surface area contributed by atoms with Crippen molar-refractivity contribution in [3.63, 3.8) is 0 Å². The van der Waals surface area contributed by atoms with Crippen LogP contribution in [0.25, 0.3) is 0 Å². The summed E-state index contributed by atoms with van der Waals surface area (Å²) in [6.45, 7) is -3.06. The molecule has 11 nitrogen and oxygen atoms in total. The molecule has 0 aliphatic heterocycles. The van der Waals surface area contributed by atoms with Crippen molar-refractivity contribution in [1.29, 1.82) is 0 Å². The van der Waals surface area contributed by atoms with Gasteiger partial charge in [0.1, 0.15) is 23.4 Å². The van der Waals surface area contributed by atoms with E-state index >= 15 is 0 Å². The van der Waals surface area contributed by atoms with Crippen LogP contribution in [0.3, 0.4) is 0 Å². The smallest absolute Gasteiger partial charge is 0.387 e. The molecule has 14 heteroatoms. The van der Waals surface area contributed by atoms with Crippen LogP contribution in [0.5, 0.6) is 5.75 Å². The SMILES string of the molecule is CNC.N/C(=C\C=C(/N)NC(=O)Cc1cc(OC(F)F)ccn1)CCC(F)Cn1cc(C=O)nn1. The van der Waals surface area contributed by atoms with Crippen molar-refractivity contribution < 1.29 is 27.5 Å². The lowest BCUT2D eigenvalue weighted by Crippen LogP contribution is -2.29. The number of hydrogen-bond acceptors (Lipinski definition) is 9. The summed E-state index contributed by atoms with van der Waals surface area (Å²) >= 11 is 0. The van der Waals surface area contributed by atoms with Gasteiger partial charge in [-0.15, -0.1) is 5.10 Å². The molecule has 0 aliphatic rings. The van der Waals surface area contributed by atoms with Crippen molar-refractivity contribution in [3.8, 4) is 5.75 Å². The molecule has 0 saturated heterocycles. The van der Waals surface area contributed by atoms with Crippen molar-refractivity contribution in [1.82, 2.24) is 30.6 Å². The number of rotatable bonds is 12. The molecule has 0 spiro atoms. The van der Waals surface area contributed by atoms with Gasteiger partial charge in [-0.3, -0.25) is 14.6 Å². The number of nitrogens with zero attached hydrogens (tertiary/aromatic N) is 4. The van der Waals surface area contributed by atoms with Gasteiger partial charge in [0.15, 0.2) is 6.29 Å². The van der Waals surface area contributed by atoms with Crippen LogP contribution in [0.1, 0.15) is 29.0 Å². The summed E-state index contributed by atoms with van der Waals surface area (Å²) in [5.74, 6) is -0.659. The van der Waals surface area contributed by atoms with E-state index < -0.39 is 18.7 Å². The summed E-state index contributed by atoms with van der Waals surface area (Å²) in [6, 6.07) is 2.46. The molecule has 2 aromatic heterocycles. The highest BCUT2D eigenvalue weighted by molar-refractivity contribution is 5.79. The average Bonchev–Trinajstić information content (AvgIpc) is 3.24. The minimum Gasteiger partial charge on any atom is -0.435 e. The van der Waals surface area contributed by atoms with Gasteiger partial charge in [-0.05, 0) is 45.2 Å². The van der Waals surface area contributed by atoms with E-state index in [1.165, 1.54) is 41.4 Å².